The second-order valence-corrected chi connectivity index (χ2v) is 5.60. The lowest BCUT2D eigenvalue weighted by Crippen LogP contribution is -2.18. The number of carbonyl (C=O) groups excluding carboxylic acids is 1. The molecule has 0 radical (unpaired) electrons. The third-order valence-electron chi connectivity index (χ3n) is 3.31. The maximum atomic E-state index is 12.1. The number of hydrogen-bond acceptors (Lipinski definition) is 2. The Morgan fingerprint density at radius 3 is 2.55 bits per heavy atom. The summed E-state index contributed by atoms with van der Waals surface area (Å²) in [5, 5.41) is 6.31. The first-order valence-electron chi connectivity index (χ1n) is 6.81. The average molecular weight is 353 g/mol. The van der Waals surface area contributed by atoms with Crippen molar-refractivity contribution in [2.45, 2.75) is 0 Å². The molecule has 0 fully saturated rings. The molecule has 3 aromatic rings. The average Bonchev–Trinajstić information content (AvgIpc) is 2.55. The van der Waals surface area contributed by atoms with E-state index in [0.717, 1.165) is 20.8 Å². The van der Waals surface area contributed by atoms with Crippen LogP contribution in [0.4, 0.5) is 0 Å². The monoisotopic (exact) mass is 352 g/mol. The molecule has 3 nitrogen and oxygen atoms in total. The van der Waals surface area contributed by atoms with E-state index in [4.69, 9.17) is 0 Å². The summed E-state index contributed by atoms with van der Waals surface area (Å²) in [5.74, 6) is -0.246. The van der Waals surface area contributed by atoms with Crippen LogP contribution in [0.25, 0.3) is 10.8 Å². The van der Waals surface area contributed by atoms with E-state index in [1.807, 2.05) is 60.7 Å². The molecule has 3 aromatic carbocycles. The Hall–Kier alpha value is -2.46. The smallest absolute Gasteiger partial charge is 0.267 e. The summed E-state index contributed by atoms with van der Waals surface area (Å²) in [4.78, 5) is 12.1. The Labute approximate surface area is 136 Å². The molecule has 0 aliphatic carbocycles. The zero-order chi connectivity index (χ0) is 15.4. The van der Waals surface area contributed by atoms with Crippen molar-refractivity contribution in [2.75, 3.05) is 0 Å². The van der Waals surface area contributed by atoms with Crippen LogP contribution in [-0.4, -0.2) is 12.1 Å². The van der Waals surface area contributed by atoms with Crippen molar-refractivity contribution in [1.82, 2.24) is 5.43 Å². The minimum atomic E-state index is -0.246. The number of nitrogens with one attached hydrogen (secondary N) is 1. The van der Waals surface area contributed by atoms with Gasteiger partial charge in [0.1, 0.15) is 0 Å². The standard InChI is InChI=1S/C18H13BrN2O/c19-17-11-4-3-10-16(17)18(22)21-20-12-14-8-5-7-13-6-1-2-9-15(13)14/h1-12H,(H,21,22)/b20-12-. The van der Waals surface area contributed by atoms with Gasteiger partial charge in [0.15, 0.2) is 0 Å². The Balaban J connectivity index is 1.80. The molecule has 108 valence electrons. The van der Waals surface area contributed by atoms with Crippen LogP contribution in [0.1, 0.15) is 15.9 Å². The van der Waals surface area contributed by atoms with Crippen LogP contribution >= 0.6 is 15.9 Å². The number of amides is 1. The lowest BCUT2D eigenvalue weighted by molar-refractivity contribution is 0.0954. The molecule has 0 aliphatic heterocycles. The highest BCUT2D eigenvalue weighted by molar-refractivity contribution is 9.10. The maximum Gasteiger partial charge on any atom is 0.272 e. The molecule has 0 aliphatic rings. The van der Waals surface area contributed by atoms with Gasteiger partial charge in [-0.15, -0.1) is 0 Å². The van der Waals surface area contributed by atoms with Gasteiger partial charge in [0.2, 0.25) is 0 Å². The fraction of sp³-hybridized carbons (Fsp3) is 0. The van der Waals surface area contributed by atoms with Gasteiger partial charge in [-0.1, -0.05) is 54.6 Å². The van der Waals surface area contributed by atoms with Crippen LogP contribution in [0, 0.1) is 0 Å². The molecule has 0 atom stereocenters. The number of nitrogens with zero attached hydrogens (tertiary/aromatic N) is 1. The molecule has 1 amide bonds. The highest BCUT2D eigenvalue weighted by Gasteiger charge is 2.07. The molecular formula is C18H13BrN2O. The van der Waals surface area contributed by atoms with Crippen LogP contribution in [0.3, 0.4) is 0 Å². The zero-order valence-corrected chi connectivity index (χ0v) is 13.2. The predicted octanol–water partition coefficient (Wildman–Crippen LogP) is 4.37. The summed E-state index contributed by atoms with van der Waals surface area (Å²) < 4.78 is 0.743. The molecule has 4 heteroatoms. The van der Waals surface area contributed by atoms with E-state index in [2.05, 4.69) is 26.5 Å². The molecule has 0 heterocycles. The fourth-order valence-electron chi connectivity index (χ4n) is 2.23. The first kappa shape index (κ1) is 14.5. The van der Waals surface area contributed by atoms with Gasteiger partial charge in [-0.3, -0.25) is 4.79 Å². The zero-order valence-electron chi connectivity index (χ0n) is 11.7. The minimum absolute atomic E-state index is 0.246. The fourth-order valence-corrected chi connectivity index (χ4v) is 2.69. The Bertz CT molecular complexity index is 853. The van der Waals surface area contributed by atoms with Crippen LogP contribution in [-0.2, 0) is 0 Å². The van der Waals surface area contributed by atoms with Crippen LogP contribution in [0.5, 0.6) is 0 Å². The van der Waals surface area contributed by atoms with E-state index in [-0.39, 0.29) is 5.91 Å². The second kappa shape index (κ2) is 6.54. The van der Waals surface area contributed by atoms with E-state index in [1.54, 1.807) is 12.3 Å². The lowest BCUT2D eigenvalue weighted by Gasteiger charge is -2.03. The Morgan fingerprint density at radius 2 is 1.68 bits per heavy atom. The largest absolute Gasteiger partial charge is 0.272 e. The van der Waals surface area contributed by atoms with Crippen molar-refractivity contribution in [3.63, 3.8) is 0 Å². The van der Waals surface area contributed by atoms with Crippen molar-refractivity contribution in [2.24, 2.45) is 5.10 Å². The molecule has 0 saturated heterocycles. The third kappa shape index (κ3) is 3.07. The molecular weight excluding hydrogens is 340 g/mol. The molecule has 0 bridgehead atoms. The molecule has 3 rings (SSSR count). The van der Waals surface area contributed by atoms with Gasteiger partial charge in [0, 0.05) is 10.0 Å². The number of hydrazone groups is 1. The summed E-state index contributed by atoms with van der Waals surface area (Å²) in [6.45, 7) is 0. The summed E-state index contributed by atoms with van der Waals surface area (Å²) in [6.07, 6.45) is 1.66. The Kier molecular flexibility index (Phi) is 4.30. The van der Waals surface area contributed by atoms with E-state index >= 15 is 0 Å². The first-order chi connectivity index (χ1) is 10.8. The number of carbonyl (C=O) groups is 1. The van der Waals surface area contributed by atoms with Crippen LogP contribution in [0.15, 0.2) is 76.3 Å². The highest BCUT2D eigenvalue weighted by atomic mass is 79.9. The van der Waals surface area contributed by atoms with Gasteiger partial charge >= 0.3 is 0 Å². The van der Waals surface area contributed by atoms with Gasteiger partial charge in [-0.05, 0) is 38.8 Å². The number of fused-ring (bicyclic) bond motifs is 1. The summed E-state index contributed by atoms with van der Waals surface area (Å²) in [6, 6.07) is 21.3. The number of hydrogen-bond donors (Lipinski definition) is 1. The Morgan fingerprint density at radius 1 is 0.955 bits per heavy atom. The SMILES string of the molecule is O=C(N/N=C\c1cccc2ccccc12)c1ccccc1Br. The van der Waals surface area contributed by atoms with Crippen molar-refractivity contribution in [3.05, 3.63) is 82.3 Å². The maximum absolute atomic E-state index is 12.1. The van der Waals surface area contributed by atoms with Gasteiger partial charge in [0.05, 0.1) is 11.8 Å². The van der Waals surface area contributed by atoms with E-state index in [9.17, 15) is 4.79 Å². The van der Waals surface area contributed by atoms with Crippen LogP contribution < -0.4 is 5.43 Å². The third-order valence-corrected chi connectivity index (χ3v) is 4.00. The molecule has 0 saturated carbocycles. The van der Waals surface area contributed by atoms with Crippen molar-refractivity contribution in [1.29, 1.82) is 0 Å². The molecule has 0 aromatic heterocycles. The molecule has 0 spiro atoms. The van der Waals surface area contributed by atoms with Crippen molar-refractivity contribution in [3.8, 4) is 0 Å². The van der Waals surface area contributed by atoms with Gasteiger partial charge in [-0.2, -0.15) is 5.10 Å². The topological polar surface area (TPSA) is 41.5 Å². The first-order valence-corrected chi connectivity index (χ1v) is 7.61. The highest BCUT2D eigenvalue weighted by Crippen LogP contribution is 2.17. The van der Waals surface area contributed by atoms with Gasteiger partial charge in [-0.25, -0.2) is 5.43 Å². The normalized spacial score (nSPS) is 11.0. The molecule has 1 N–H and O–H groups in total. The number of benzene rings is 3. The van der Waals surface area contributed by atoms with E-state index in [0.29, 0.717) is 5.56 Å². The summed E-state index contributed by atoms with van der Waals surface area (Å²) in [5.41, 5.74) is 4.07. The van der Waals surface area contributed by atoms with Gasteiger partial charge < -0.3 is 0 Å². The van der Waals surface area contributed by atoms with E-state index < -0.39 is 0 Å². The quantitative estimate of drug-likeness (QED) is 0.552. The van der Waals surface area contributed by atoms with Crippen LogP contribution in [0.2, 0.25) is 0 Å². The summed E-state index contributed by atoms with van der Waals surface area (Å²) in [7, 11) is 0. The number of halogens is 1. The van der Waals surface area contributed by atoms with E-state index in [1.165, 1.54) is 0 Å². The van der Waals surface area contributed by atoms with Crippen molar-refractivity contribution >= 4 is 38.8 Å². The molecule has 22 heavy (non-hydrogen) atoms. The van der Waals surface area contributed by atoms with Gasteiger partial charge in [0.25, 0.3) is 5.91 Å². The van der Waals surface area contributed by atoms with Crippen molar-refractivity contribution < 1.29 is 4.79 Å². The minimum Gasteiger partial charge on any atom is -0.267 e. The molecule has 0 unspecified atom stereocenters. The lowest BCUT2D eigenvalue weighted by atomic mass is 10.1. The summed E-state index contributed by atoms with van der Waals surface area (Å²) >= 11 is 3.35. The predicted molar refractivity (Wildman–Crippen MR) is 93.2 cm³/mol. The number of rotatable bonds is 3. The second-order valence-electron chi connectivity index (χ2n) is 4.75.